The van der Waals surface area contributed by atoms with Gasteiger partial charge in [-0.3, -0.25) is 9.69 Å². The van der Waals surface area contributed by atoms with Gasteiger partial charge in [-0.1, -0.05) is 0 Å². The van der Waals surface area contributed by atoms with Gasteiger partial charge >= 0.3 is 18.2 Å². The van der Waals surface area contributed by atoms with Crippen LogP contribution in [-0.2, 0) is 9.53 Å². The molecule has 4 atom stereocenters. The summed E-state index contributed by atoms with van der Waals surface area (Å²) in [6.45, 7) is 3.52. The maximum Gasteiger partial charge on any atom is 0.471 e. The molecule has 1 heterocycles. The van der Waals surface area contributed by atoms with E-state index in [0.717, 1.165) is 0 Å². The summed E-state index contributed by atoms with van der Waals surface area (Å²) in [5, 5.41) is 30.5. The highest BCUT2D eigenvalue weighted by Crippen LogP contribution is 2.25. The quantitative estimate of drug-likeness (QED) is 0.532. The van der Waals surface area contributed by atoms with Gasteiger partial charge in [0.05, 0.1) is 12.7 Å². The van der Waals surface area contributed by atoms with Crippen molar-refractivity contribution in [1.29, 1.82) is 0 Å². The minimum atomic E-state index is -5.24. The Morgan fingerprint density at radius 2 is 1.75 bits per heavy atom. The number of alkyl halides is 3. The summed E-state index contributed by atoms with van der Waals surface area (Å²) in [6, 6.07) is 0. The van der Waals surface area contributed by atoms with Crippen molar-refractivity contribution in [1.82, 2.24) is 10.2 Å². The van der Waals surface area contributed by atoms with Gasteiger partial charge < -0.3 is 25.4 Å². The second-order valence-electron chi connectivity index (χ2n) is 6.47. The standard InChI is InChI=1S/C13H21F3N2O6/c1-12(2,3)24-11(23)18-4-6(5-19)7(20)8(21)9(18)17-10(22)13(14,15)16/h6-9,19-21H,4-5H2,1-3H3,(H,17,22)/t6-,7+,8+,9+/m1/s1. The van der Waals surface area contributed by atoms with Gasteiger partial charge in [-0.05, 0) is 20.8 Å². The molecule has 1 aliphatic heterocycles. The Hall–Kier alpha value is -1.59. The molecule has 1 rings (SSSR count). The van der Waals surface area contributed by atoms with E-state index in [2.05, 4.69) is 0 Å². The van der Waals surface area contributed by atoms with Crippen LogP contribution in [0.3, 0.4) is 0 Å². The van der Waals surface area contributed by atoms with Gasteiger partial charge in [0.1, 0.15) is 17.9 Å². The first kappa shape index (κ1) is 20.5. The van der Waals surface area contributed by atoms with E-state index in [0.29, 0.717) is 4.90 Å². The lowest BCUT2D eigenvalue weighted by atomic mass is 9.91. The Labute approximate surface area is 136 Å². The Balaban J connectivity index is 3.07. The number of piperidine rings is 1. The van der Waals surface area contributed by atoms with Crippen molar-refractivity contribution in [3.63, 3.8) is 0 Å². The number of nitrogens with one attached hydrogen (secondary N) is 1. The molecule has 0 radical (unpaired) electrons. The van der Waals surface area contributed by atoms with Crippen molar-refractivity contribution in [2.45, 2.75) is 50.9 Å². The number of rotatable bonds is 2. The molecule has 0 bridgehead atoms. The zero-order valence-corrected chi connectivity index (χ0v) is 13.4. The minimum Gasteiger partial charge on any atom is -0.444 e. The first-order valence-corrected chi connectivity index (χ1v) is 7.12. The van der Waals surface area contributed by atoms with Crippen LogP contribution in [0.2, 0.25) is 0 Å². The van der Waals surface area contributed by atoms with Crippen molar-refractivity contribution < 1.29 is 42.8 Å². The van der Waals surface area contributed by atoms with Gasteiger partial charge in [-0.25, -0.2) is 4.79 Å². The van der Waals surface area contributed by atoms with Gasteiger partial charge in [-0.15, -0.1) is 0 Å². The fourth-order valence-corrected chi connectivity index (χ4v) is 2.18. The number of hydrogen-bond acceptors (Lipinski definition) is 6. The molecule has 0 aromatic carbocycles. The second kappa shape index (κ2) is 7.11. The third-order valence-electron chi connectivity index (χ3n) is 3.32. The number of likely N-dealkylation sites (tertiary alicyclic amines) is 1. The van der Waals surface area contributed by atoms with E-state index in [-0.39, 0.29) is 0 Å². The third-order valence-corrected chi connectivity index (χ3v) is 3.32. The van der Waals surface area contributed by atoms with Crippen molar-refractivity contribution >= 4 is 12.0 Å². The fraction of sp³-hybridized carbons (Fsp3) is 0.846. The topological polar surface area (TPSA) is 119 Å². The van der Waals surface area contributed by atoms with Crippen LogP contribution < -0.4 is 5.32 Å². The average Bonchev–Trinajstić information content (AvgIpc) is 2.41. The Morgan fingerprint density at radius 3 is 2.17 bits per heavy atom. The molecule has 2 amide bonds. The molecular formula is C13H21F3N2O6. The van der Waals surface area contributed by atoms with E-state index in [4.69, 9.17) is 4.74 Å². The second-order valence-corrected chi connectivity index (χ2v) is 6.47. The maximum atomic E-state index is 12.4. The van der Waals surface area contributed by atoms with Crippen LogP contribution in [0.1, 0.15) is 20.8 Å². The van der Waals surface area contributed by atoms with Crippen LogP contribution in [-0.4, -0.2) is 75.5 Å². The minimum absolute atomic E-state index is 0.410. The summed E-state index contributed by atoms with van der Waals surface area (Å²) in [7, 11) is 0. The monoisotopic (exact) mass is 358 g/mol. The number of aliphatic hydroxyl groups excluding tert-OH is 3. The lowest BCUT2D eigenvalue weighted by molar-refractivity contribution is -0.181. The first-order valence-electron chi connectivity index (χ1n) is 7.12. The average molecular weight is 358 g/mol. The highest BCUT2D eigenvalue weighted by Gasteiger charge is 2.49. The zero-order chi connectivity index (χ0) is 18.9. The van der Waals surface area contributed by atoms with Crippen LogP contribution in [0.4, 0.5) is 18.0 Å². The van der Waals surface area contributed by atoms with Gasteiger partial charge in [0.25, 0.3) is 0 Å². The molecule has 0 aromatic rings. The predicted molar refractivity (Wildman–Crippen MR) is 73.5 cm³/mol. The predicted octanol–water partition coefficient (Wildman–Crippen LogP) is -0.428. The smallest absolute Gasteiger partial charge is 0.444 e. The van der Waals surface area contributed by atoms with Gasteiger partial charge in [0.15, 0.2) is 0 Å². The van der Waals surface area contributed by atoms with E-state index < -0.39 is 61.2 Å². The summed E-state index contributed by atoms with van der Waals surface area (Å²) >= 11 is 0. The van der Waals surface area contributed by atoms with E-state index in [1.54, 1.807) is 0 Å². The number of halogens is 3. The number of hydrogen-bond donors (Lipinski definition) is 4. The van der Waals surface area contributed by atoms with Gasteiger partial charge in [-0.2, -0.15) is 13.2 Å². The van der Waals surface area contributed by atoms with E-state index >= 15 is 0 Å². The van der Waals surface area contributed by atoms with Crippen molar-refractivity contribution in [2.75, 3.05) is 13.2 Å². The zero-order valence-electron chi connectivity index (χ0n) is 13.4. The molecule has 0 unspecified atom stereocenters. The van der Waals surface area contributed by atoms with Crippen molar-refractivity contribution in [2.24, 2.45) is 5.92 Å². The van der Waals surface area contributed by atoms with Crippen LogP contribution in [0, 0.1) is 5.92 Å². The van der Waals surface area contributed by atoms with E-state index in [9.17, 15) is 38.1 Å². The summed E-state index contributed by atoms with van der Waals surface area (Å²) in [6.07, 6.45) is -11.8. The summed E-state index contributed by atoms with van der Waals surface area (Å²) in [4.78, 5) is 23.9. The normalized spacial score (nSPS) is 28.5. The van der Waals surface area contributed by atoms with Crippen LogP contribution in [0.15, 0.2) is 0 Å². The molecular weight excluding hydrogens is 337 g/mol. The molecule has 11 heteroatoms. The van der Waals surface area contributed by atoms with Crippen LogP contribution in [0.25, 0.3) is 0 Å². The lowest BCUT2D eigenvalue weighted by Crippen LogP contribution is -2.68. The molecule has 1 aliphatic rings. The highest BCUT2D eigenvalue weighted by molar-refractivity contribution is 5.82. The summed E-state index contributed by atoms with van der Waals surface area (Å²) in [5.41, 5.74) is -0.981. The molecule has 24 heavy (non-hydrogen) atoms. The van der Waals surface area contributed by atoms with E-state index in [1.165, 1.54) is 26.1 Å². The molecule has 1 saturated heterocycles. The van der Waals surface area contributed by atoms with Crippen molar-refractivity contribution in [3.8, 4) is 0 Å². The number of nitrogens with zero attached hydrogens (tertiary/aromatic N) is 1. The summed E-state index contributed by atoms with van der Waals surface area (Å²) < 4.78 is 42.4. The highest BCUT2D eigenvalue weighted by atomic mass is 19.4. The molecule has 1 fully saturated rings. The Kier molecular flexibility index (Phi) is 6.06. The van der Waals surface area contributed by atoms with Crippen LogP contribution in [0.5, 0.6) is 0 Å². The molecule has 8 nitrogen and oxygen atoms in total. The molecule has 4 N–H and O–H groups in total. The molecule has 0 aliphatic carbocycles. The maximum absolute atomic E-state index is 12.4. The van der Waals surface area contributed by atoms with Gasteiger partial charge in [0.2, 0.25) is 0 Å². The Bertz CT molecular complexity index is 479. The number of ether oxygens (including phenoxy) is 1. The third kappa shape index (κ3) is 4.95. The van der Waals surface area contributed by atoms with E-state index in [1.807, 2.05) is 0 Å². The van der Waals surface area contributed by atoms with Crippen LogP contribution >= 0.6 is 0 Å². The molecule has 0 aromatic heterocycles. The Morgan fingerprint density at radius 1 is 1.21 bits per heavy atom. The summed E-state index contributed by atoms with van der Waals surface area (Å²) in [5.74, 6) is -3.39. The molecule has 0 saturated carbocycles. The first-order chi connectivity index (χ1) is 10.8. The molecule has 140 valence electrons. The number of amides is 2. The number of aliphatic hydroxyl groups is 3. The van der Waals surface area contributed by atoms with Gasteiger partial charge in [0, 0.05) is 12.5 Å². The molecule has 0 spiro atoms. The number of carbonyl (C=O) groups excluding carboxylic acids is 2. The fourth-order valence-electron chi connectivity index (χ4n) is 2.18. The SMILES string of the molecule is CC(C)(C)OC(=O)N1C[C@H](CO)[C@H](O)[C@H](O)[C@H]1NC(=O)C(F)(F)F. The largest absolute Gasteiger partial charge is 0.471 e. The van der Waals surface area contributed by atoms with Crippen molar-refractivity contribution in [3.05, 3.63) is 0 Å². The lowest BCUT2D eigenvalue weighted by Gasteiger charge is -2.45. The number of carbonyl (C=O) groups is 2.